The van der Waals surface area contributed by atoms with Gasteiger partial charge in [-0.1, -0.05) is 30.3 Å². The molecule has 0 saturated heterocycles. The molecule has 1 heterocycles. The third-order valence-electron chi connectivity index (χ3n) is 4.68. The Labute approximate surface area is 170 Å². The second-order valence-corrected chi connectivity index (χ2v) is 8.71. The first-order valence-corrected chi connectivity index (χ1v) is 11.1. The average molecular weight is 413 g/mol. The highest BCUT2D eigenvalue weighted by atomic mass is 32.2. The van der Waals surface area contributed by atoms with E-state index in [1.165, 1.54) is 0 Å². The maximum atomic E-state index is 12.1. The van der Waals surface area contributed by atoms with E-state index >= 15 is 0 Å². The number of rotatable bonds is 6. The Hall–Kier alpha value is -2.90. The Morgan fingerprint density at radius 3 is 2.28 bits per heavy atom. The van der Waals surface area contributed by atoms with Crippen LogP contribution in [-0.2, 0) is 19.4 Å². The largest absolute Gasteiger partial charge is 0.464 e. The number of esters is 1. The van der Waals surface area contributed by atoms with Crippen molar-refractivity contribution in [3.8, 4) is 16.9 Å². The lowest BCUT2D eigenvalue weighted by Gasteiger charge is -2.13. The molecular formula is C22H23NO5S. The van der Waals surface area contributed by atoms with Gasteiger partial charge in [0.25, 0.3) is 0 Å². The topological polar surface area (TPSA) is 85.6 Å². The van der Waals surface area contributed by atoms with E-state index in [0.717, 1.165) is 23.2 Å². The zero-order chi connectivity index (χ0) is 21.2. The lowest BCUT2D eigenvalue weighted by Crippen LogP contribution is -2.16. The molecule has 0 unspecified atom stereocenters. The van der Waals surface area contributed by atoms with Crippen molar-refractivity contribution in [2.24, 2.45) is 0 Å². The summed E-state index contributed by atoms with van der Waals surface area (Å²) in [5.74, 6) is -0.709. The molecule has 29 heavy (non-hydrogen) atoms. The number of carbonyl (C=O) groups excluding carboxylic acids is 1. The molecule has 3 aromatic rings. The molecule has 0 bridgehead atoms. The minimum Gasteiger partial charge on any atom is -0.464 e. The SMILES string of the molecule is CCOC(=O)[C@H](O)c1cc(-c2ccc(S(C)(=O)=O)cc2)n(-c2ccccc2)c1C. The molecule has 0 aliphatic carbocycles. The molecule has 0 fully saturated rings. The van der Waals surface area contributed by atoms with Crippen molar-refractivity contribution in [1.29, 1.82) is 0 Å². The van der Waals surface area contributed by atoms with Crippen LogP contribution in [0.15, 0.2) is 65.6 Å². The van der Waals surface area contributed by atoms with Crippen LogP contribution in [0, 0.1) is 6.92 Å². The standard InChI is InChI=1S/C22H23NO5S/c1-4-28-22(25)21(24)19-14-20(16-10-12-18(13-11-16)29(3,26)27)23(15(19)2)17-8-6-5-7-9-17/h5-14,21,24H,4H2,1-3H3/t21-/m1/s1. The van der Waals surface area contributed by atoms with Crippen molar-refractivity contribution in [2.75, 3.05) is 12.9 Å². The monoisotopic (exact) mass is 413 g/mol. The van der Waals surface area contributed by atoms with E-state index in [9.17, 15) is 18.3 Å². The maximum absolute atomic E-state index is 12.1. The van der Waals surface area contributed by atoms with Gasteiger partial charge in [0.05, 0.1) is 17.2 Å². The zero-order valence-corrected chi connectivity index (χ0v) is 17.3. The van der Waals surface area contributed by atoms with Gasteiger partial charge in [-0.3, -0.25) is 0 Å². The highest BCUT2D eigenvalue weighted by Gasteiger charge is 2.26. The molecule has 0 amide bonds. The van der Waals surface area contributed by atoms with Gasteiger partial charge >= 0.3 is 5.97 Å². The summed E-state index contributed by atoms with van der Waals surface area (Å²) >= 11 is 0. The van der Waals surface area contributed by atoms with Gasteiger partial charge in [-0.25, -0.2) is 13.2 Å². The van der Waals surface area contributed by atoms with Crippen LogP contribution >= 0.6 is 0 Å². The van der Waals surface area contributed by atoms with E-state index in [0.29, 0.717) is 11.3 Å². The number of ether oxygens (including phenoxy) is 1. The first kappa shape index (κ1) is 20.8. The molecule has 1 atom stereocenters. The van der Waals surface area contributed by atoms with Crippen LogP contribution in [0.1, 0.15) is 24.3 Å². The number of aromatic nitrogens is 1. The molecule has 0 saturated carbocycles. The summed E-state index contributed by atoms with van der Waals surface area (Å²) in [4.78, 5) is 12.3. The van der Waals surface area contributed by atoms with Crippen LogP contribution in [0.4, 0.5) is 0 Å². The van der Waals surface area contributed by atoms with Crippen LogP contribution in [0.25, 0.3) is 16.9 Å². The van der Waals surface area contributed by atoms with Crippen molar-refractivity contribution in [2.45, 2.75) is 24.8 Å². The molecular weight excluding hydrogens is 390 g/mol. The average Bonchev–Trinajstić information content (AvgIpc) is 3.04. The van der Waals surface area contributed by atoms with Crippen molar-refractivity contribution in [3.63, 3.8) is 0 Å². The van der Waals surface area contributed by atoms with E-state index < -0.39 is 21.9 Å². The first-order chi connectivity index (χ1) is 13.7. The summed E-state index contributed by atoms with van der Waals surface area (Å²) < 4.78 is 30.4. The molecule has 0 spiro atoms. The van der Waals surface area contributed by atoms with E-state index in [1.54, 1.807) is 37.3 Å². The quantitative estimate of drug-likeness (QED) is 0.626. The molecule has 0 radical (unpaired) electrons. The third-order valence-corrected chi connectivity index (χ3v) is 5.81. The predicted octanol–water partition coefficient (Wildman–Crippen LogP) is 3.45. The number of hydrogen-bond acceptors (Lipinski definition) is 5. The Bertz CT molecular complexity index is 1120. The van der Waals surface area contributed by atoms with Gasteiger partial charge in [-0.2, -0.15) is 0 Å². The second-order valence-electron chi connectivity index (χ2n) is 6.69. The maximum Gasteiger partial charge on any atom is 0.339 e. The van der Waals surface area contributed by atoms with Crippen LogP contribution in [0.5, 0.6) is 0 Å². The van der Waals surface area contributed by atoms with Gasteiger partial charge in [0.15, 0.2) is 15.9 Å². The van der Waals surface area contributed by atoms with Crippen molar-refractivity contribution >= 4 is 15.8 Å². The Balaban J connectivity index is 2.17. The molecule has 1 aromatic heterocycles. The normalized spacial score (nSPS) is 12.6. The van der Waals surface area contributed by atoms with Crippen molar-refractivity contribution in [3.05, 3.63) is 71.9 Å². The summed E-state index contributed by atoms with van der Waals surface area (Å²) in [6, 6.07) is 17.8. The van der Waals surface area contributed by atoms with Gasteiger partial charge in [0.2, 0.25) is 0 Å². The van der Waals surface area contributed by atoms with E-state index in [1.807, 2.05) is 41.8 Å². The molecule has 2 aromatic carbocycles. The number of benzene rings is 2. The van der Waals surface area contributed by atoms with Crippen molar-refractivity contribution in [1.82, 2.24) is 4.57 Å². The fourth-order valence-corrected chi connectivity index (χ4v) is 3.88. The molecule has 1 N–H and O–H groups in total. The number of carbonyl (C=O) groups is 1. The second kappa shape index (κ2) is 8.23. The van der Waals surface area contributed by atoms with Crippen LogP contribution in [-0.4, -0.2) is 36.9 Å². The van der Waals surface area contributed by atoms with Gasteiger partial charge < -0.3 is 14.4 Å². The number of nitrogens with zero attached hydrogens (tertiary/aromatic N) is 1. The van der Waals surface area contributed by atoms with Crippen LogP contribution < -0.4 is 0 Å². The number of hydrogen-bond donors (Lipinski definition) is 1. The van der Waals surface area contributed by atoms with Gasteiger partial charge in [0.1, 0.15) is 0 Å². The zero-order valence-electron chi connectivity index (χ0n) is 16.5. The van der Waals surface area contributed by atoms with Crippen LogP contribution in [0.2, 0.25) is 0 Å². The summed E-state index contributed by atoms with van der Waals surface area (Å²) in [6.45, 7) is 3.68. The molecule has 0 aliphatic heterocycles. The fraction of sp³-hybridized carbons (Fsp3) is 0.227. The Morgan fingerprint density at radius 1 is 1.10 bits per heavy atom. The number of para-hydroxylation sites is 1. The summed E-state index contributed by atoms with van der Waals surface area (Å²) in [7, 11) is -3.31. The molecule has 152 valence electrons. The van der Waals surface area contributed by atoms with Gasteiger partial charge in [-0.15, -0.1) is 0 Å². The van der Waals surface area contributed by atoms with Gasteiger partial charge in [-0.05, 0) is 49.7 Å². The fourth-order valence-electron chi connectivity index (χ4n) is 3.25. The minimum atomic E-state index is -3.31. The highest BCUT2D eigenvalue weighted by Crippen LogP contribution is 2.33. The van der Waals surface area contributed by atoms with Gasteiger partial charge in [0, 0.05) is 23.2 Å². The number of aliphatic hydroxyl groups excluding tert-OH is 1. The Kier molecular flexibility index (Phi) is 5.91. The third kappa shape index (κ3) is 4.26. The molecule has 0 aliphatic rings. The summed E-state index contributed by atoms with van der Waals surface area (Å²) in [5, 5.41) is 10.5. The van der Waals surface area contributed by atoms with E-state index in [-0.39, 0.29) is 11.5 Å². The highest BCUT2D eigenvalue weighted by molar-refractivity contribution is 7.90. The summed E-state index contributed by atoms with van der Waals surface area (Å²) in [5.41, 5.74) is 3.47. The molecule has 3 rings (SSSR count). The van der Waals surface area contributed by atoms with Crippen molar-refractivity contribution < 1.29 is 23.1 Å². The number of aliphatic hydroxyl groups is 1. The predicted molar refractivity (Wildman–Crippen MR) is 111 cm³/mol. The minimum absolute atomic E-state index is 0.175. The molecule has 6 nitrogen and oxygen atoms in total. The van der Waals surface area contributed by atoms with E-state index in [2.05, 4.69) is 0 Å². The van der Waals surface area contributed by atoms with E-state index in [4.69, 9.17) is 4.74 Å². The lowest BCUT2D eigenvalue weighted by molar-refractivity contribution is -0.153. The lowest BCUT2D eigenvalue weighted by atomic mass is 10.1. The first-order valence-electron chi connectivity index (χ1n) is 9.17. The smallest absolute Gasteiger partial charge is 0.339 e. The number of sulfone groups is 1. The molecule has 7 heteroatoms. The van der Waals surface area contributed by atoms with Crippen LogP contribution in [0.3, 0.4) is 0 Å². The summed E-state index contributed by atoms with van der Waals surface area (Å²) in [6.07, 6.45) is -0.249. The Morgan fingerprint density at radius 2 is 1.72 bits per heavy atom.